The summed E-state index contributed by atoms with van der Waals surface area (Å²) in [6.45, 7) is 0.334. The third-order valence-electron chi connectivity index (χ3n) is 3.47. The van der Waals surface area contributed by atoms with E-state index in [0.717, 1.165) is 23.8 Å². The number of halogens is 2. The van der Waals surface area contributed by atoms with Crippen LogP contribution in [-0.2, 0) is 16.4 Å². The van der Waals surface area contributed by atoms with E-state index in [9.17, 15) is 12.8 Å². The van der Waals surface area contributed by atoms with Gasteiger partial charge in [-0.05, 0) is 37.0 Å². The summed E-state index contributed by atoms with van der Waals surface area (Å²) >= 11 is 5.77. The maximum Gasteiger partial charge on any atom is 0.214 e. The smallest absolute Gasteiger partial charge is 0.214 e. The summed E-state index contributed by atoms with van der Waals surface area (Å²) < 4.78 is 39.3. The molecule has 4 nitrogen and oxygen atoms in total. The summed E-state index contributed by atoms with van der Waals surface area (Å²) in [5.41, 5.74) is 1.58. The Balaban J connectivity index is 1.73. The van der Waals surface area contributed by atoms with Gasteiger partial charge in [0.1, 0.15) is 5.82 Å². The number of hydrogen-bond acceptors (Lipinski definition) is 2. The molecule has 20 heavy (non-hydrogen) atoms. The summed E-state index contributed by atoms with van der Waals surface area (Å²) in [4.78, 5) is 2.96. The van der Waals surface area contributed by atoms with Gasteiger partial charge >= 0.3 is 0 Å². The van der Waals surface area contributed by atoms with Crippen LogP contribution in [0.5, 0.6) is 0 Å². The van der Waals surface area contributed by atoms with Crippen LogP contribution in [0.25, 0.3) is 10.9 Å². The van der Waals surface area contributed by atoms with Crippen LogP contribution >= 0.6 is 11.6 Å². The van der Waals surface area contributed by atoms with E-state index < -0.39 is 15.8 Å². The van der Waals surface area contributed by atoms with Gasteiger partial charge in [0.15, 0.2) is 0 Å². The first kappa shape index (κ1) is 13.9. The van der Waals surface area contributed by atoms with Crippen molar-refractivity contribution in [2.75, 3.05) is 6.54 Å². The number of H-pyrrole nitrogens is 1. The number of aromatic nitrogens is 1. The number of aromatic amines is 1. The molecule has 0 spiro atoms. The van der Waals surface area contributed by atoms with Gasteiger partial charge in [0.05, 0.1) is 10.3 Å². The average molecular weight is 317 g/mol. The molecule has 2 N–H and O–H groups in total. The number of rotatable bonds is 5. The number of nitrogens with one attached hydrogen (secondary N) is 2. The topological polar surface area (TPSA) is 62.0 Å². The molecular formula is C13H14ClFN2O2S. The van der Waals surface area contributed by atoms with Crippen LogP contribution in [-0.4, -0.2) is 25.2 Å². The Morgan fingerprint density at radius 2 is 2.15 bits per heavy atom. The molecule has 108 valence electrons. The highest BCUT2D eigenvalue weighted by molar-refractivity contribution is 7.90. The summed E-state index contributed by atoms with van der Waals surface area (Å²) in [7, 11) is -3.15. The zero-order valence-corrected chi connectivity index (χ0v) is 12.2. The molecule has 1 aromatic carbocycles. The highest BCUT2D eigenvalue weighted by Gasteiger charge is 2.35. The average Bonchev–Trinajstić information content (AvgIpc) is 3.17. The van der Waals surface area contributed by atoms with E-state index in [1.807, 2.05) is 0 Å². The molecule has 0 saturated heterocycles. The molecular weight excluding hydrogens is 303 g/mol. The Hall–Kier alpha value is -1.11. The summed E-state index contributed by atoms with van der Waals surface area (Å²) in [5, 5.41) is 0.674. The minimum Gasteiger partial charge on any atom is -0.361 e. The van der Waals surface area contributed by atoms with Gasteiger partial charge in [-0.25, -0.2) is 17.5 Å². The number of benzene rings is 1. The van der Waals surface area contributed by atoms with Crippen LogP contribution in [0.4, 0.5) is 4.39 Å². The largest absolute Gasteiger partial charge is 0.361 e. The van der Waals surface area contributed by atoms with Crippen LogP contribution < -0.4 is 4.72 Å². The molecule has 0 unspecified atom stereocenters. The predicted octanol–water partition coefficient (Wildman–Crippen LogP) is 2.58. The lowest BCUT2D eigenvalue weighted by molar-refractivity contribution is 0.580. The minimum absolute atomic E-state index is 0.0666. The van der Waals surface area contributed by atoms with Crippen molar-refractivity contribution in [1.29, 1.82) is 0 Å². The molecule has 1 aliphatic carbocycles. The summed E-state index contributed by atoms with van der Waals surface area (Å²) in [6.07, 6.45) is 3.79. The van der Waals surface area contributed by atoms with Crippen molar-refractivity contribution in [3.63, 3.8) is 0 Å². The second-order valence-corrected chi connectivity index (χ2v) is 7.47. The van der Waals surface area contributed by atoms with Gasteiger partial charge in [0, 0.05) is 23.6 Å². The van der Waals surface area contributed by atoms with Crippen LogP contribution in [0, 0.1) is 5.82 Å². The highest BCUT2D eigenvalue weighted by Crippen LogP contribution is 2.28. The van der Waals surface area contributed by atoms with Crippen molar-refractivity contribution in [1.82, 2.24) is 9.71 Å². The van der Waals surface area contributed by atoms with Crippen LogP contribution in [0.3, 0.4) is 0 Å². The Bertz CT molecular complexity index is 753. The van der Waals surface area contributed by atoms with Crippen molar-refractivity contribution in [2.45, 2.75) is 24.5 Å². The number of hydrogen-bond donors (Lipinski definition) is 2. The standard InChI is InChI=1S/C13H14ClFN2O2S/c14-11-5-10-8(7-16-13(10)6-12(11)15)3-4-17-20(18,19)9-1-2-9/h5-7,9,16-17H,1-4H2. The monoisotopic (exact) mass is 316 g/mol. The van der Waals surface area contributed by atoms with E-state index in [1.54, 1.807) is 12.3 Å². The van der Waals surface area contributed by atoms with E-state index in [4.69, 9.17) is 11.6 Å². The van der Waals surface area contributed by atoms with Gasteiger partial charge in [-0.15, -0.1) is 0 Å². The molecule has 7 heteroatoms. The Morgan fingerprint density at radius 1 is 1.40 bits per heavy atom. The van der Waals surface area contributed by atoms with Crippen molar-refractivity contribution in [3.8, 4) is 0 Å². The highest BCUT2D eigenvalue weighted by atomic mass is 35.5. The molecule has 3 rings (SSSR count). The van der Waals surface area contributed by atoms with E-state index in [-0.39, 0.29) is 10.3 Å². The molecule has 0 amide bonds. The first-order chi connectivity index (χ1) is 9.47. The van der Waals surface area contributed by atoms with Crippen molar-refractivity contribution in [2.24, 2.45) is 0 Å². The van der Waals surface area contributed by atoms with Gasteiger partial charge < -0.3 is 4.98 Å². The zero-order chi connectivity index (χ0) is 14.3. The molecule has 0 atom stereocenters. The lowest BCUT2D eigenvalue weighted by Gasteiger charge is -2.05. The summed E-state index contributed by atoms with van der Waals surface area (Å²) in [5.74, 6) is -0.470. The second-order valence-electron chi connectivity index (χ2n) is 5.01. The lowest BCUT2D eigenvalue weighted by atomic mass is 10.1. The van der Waals surface area contributed by atoms with Crippen LogP contribution in [0.2, 0.25) is 5.02 Å². The van der Waals surface area contributed by atoms with Crippen molar-refractivity contribution in [3.05, 3.63) is 34.7 Å². The Labute approximate surface area is 121 Å². The maximum atomic E-state index is 13.3. The molecule has 0 bridgehead atoms. The van der Waals surface area contributed by atoms with E-state index in [2.05, 4.69) is 9.71 Å². The Kier molecular flexibility index (Phi) is 3.48. The zero-order valence-electron chi connectivity index (χ0n) is 10.6. The molecule has 0 aliphatic heterocycles. The fraction of sp³-hybridized carbons (Fsp3) is 0.385. The van der Waals surface area contributed by atoms with Gasteiger partial charge in [0.25, 0.3) is 0 Å². The predicted molar refractivity (Wildman–Crippen MR) is 76.9 cm³/mol. The van der Waals surface area contributed by atoms with E-state index in [1.165, 1.54) is 6.07 Å². The molecule has 0 radical (unpaired) electrons. The van der Waals surface area contributed by atoms with Crippen LogP contribution in [0.15, 0.2) is 18.3 Å². The molecule has 1 fully saturated rings. The fourth-order valence-electron chi connectivity index (χ4n) is 2.21. The number of fused-ring (bicyclic) bond motifs is 1. The summed E-state index contributed by atoms with van der Waals surface area (Å²) in [6, 6.07) is 2.91. The van der Waals surface area contributed by atoms with Crippen molar-refractivity contribution < 1.29 is 12.8 Å². The third-order valence-corrected chi connectivity index (χ3v) is 5.71. The number of sulfonamides is 1. The van der Waals surface area contributed by atoms with Crippen LogP contribution in [0.1, 0.15) is 18.4 Å². The molecule has 1 aliphatic rings. The normalized spacial score (nSPS) is 15.9. The van der Waals surface area contributed by atoms with E-state index in [0.29, 0.717) is 18.5 Å². The van der Waals surface area contributed by atoms with E-state index >= 15 is 0 Å². The molecule has 2 aromatic rings. The first-order valence-corrected chi connectivity index (χ1v) is 8.33. The quantitative estimate of drug-likeness (QED) is 0.890. The molecule has 1 heterocycles. The molecule has 1 aromatic heterocycles. The van der Waals surface area contributed by atoms with Gasteiger partial charge in [-0.1, -0.05) is 11.6 Å². The SMILES string of the molecule is O=S(=O)(NCCc1c[nH]c2cc(F)c(Cl)cc12)C1CC1. The first-order valence-electron chi connectivity index (χ1n) is 6.41. The second kappa shape index (κ2) is 5.02. The van der Waals surface area contributed by atoms with Gasteiger partial charge in [-0.2, -0.15) is 0 Å². The molecule has 1 saturated carbocycles. The van der Waals surface area contributed by atoms with Gasteiger partial charge in [0.2, 0.25) is 10.0 Å². The lowest BCUT2D eigenvalue weighted by Crippen LogP contribution is -2.29. The minimum atomic E-state index is -3.15. The fourth-order valence-corrected chi connectivity index (χ4v) is 3.75. The third kappa shape index (κ3) is 2.68. The Morgan fingerprint density at radius 3 is 2.85 bits per heavy atom. The maximum absolute atomic E-state index is 13.3. The van der Waals surface area contributed by atoms with Crippen molar-refractivity contribution >= 4 is 32.5 Å². The van der Waals surface area contributed by atoms with Gasteiger partial charge in [-0.3, -0.25) is 0 Å².